The number of allylic oxidation sites excluding steroid dienone is 3. The van der Waals surface area contributed by atoms with Crippen LogP contribution in [-0.4, -0.2) is 24.6 Å². The van der Waals surface area contributed by atoms with Crippen molar-refractivity contribution in [3.63, 3.8) is 0 Å². The van der Waals surface area contributed by atoms with Gasteiger partial charge in [-0.25, -0.2) is 0 Å². The van der Waals surface area contributed by atoms with E-state index >= 15 is 0 Å². The Labute approximate surface area is 147 Å². The first-order valence-electron chi connectivity index (χ1n) is 8.65. The Morgan fingerprint density at radius 1 is 1.28 bits per heavy atom. The Balaban J connectivity index is 2.28. The highest BCUT2D eigenvalue weighted by molar-refractivity contribution is 6.05. The minimum absolute atomic E-state index is 0.0157. The van der Waals surface area contributed by atoms with Gasteiger partial charge in [-0.15, -0.1) is 0 Å². The third-order valence-corrected chi connectivity index (χ3v) is 6.62. The van der Waals surface area contributed by atoms with E-state index in [1.165, 1.54) is 7.11 Å². The van der Waals surface area contributed by atoms with E-state index in [2.05, 4.69) is 0 Å². The fourth-order valence-electron chi connectivity index (χ4n) is 5.40. The molecular formula is C20H23NO4. The number of rotatable bonds is 1. The van der Waals surface area contributed by atoms with Gasteiger partial charge in [0.25, 0.3) is 0 Å². The summed E-state index contributed by atoms with van der Waals surface area (Å²) in [6.07, 6.45) is 5.24. The molecule has 1 unspecified atom stereocenters. The normalized spacial score (nSPS) is 36.4. The monoisotopic (exact) mass is 341 g/mol. The highest BCUT2D eigenvalue weighted by Crippen LogP contribution is 2.64. The van der Waals surface area contributed by atoms with Crippen LogP contribution >= 0.6 is 0 Å². The molecule has 3 aliphatic carbocycles. The van der Waals surface area contributed by atoms with Crippen LogP contribution in [0.4, 0.5) is 0 Å². The van der Waals surface area contributed by atoms with E-state index in [4.69, 9.17) is 4.74 Å². The molecule has 0 amide bonds. The van der Waals surface area contributed by atoms with Gasteiger partial charge in [-0.2, -0.15) is 5.26 Å². The van der Waals surface area contributed by atoms with Crippen LogP contribution in [0.3, 0.4) is 0 Å². The molecule has 0 bridgehead atoms. The van der Waals surface area contributed by atoms with Crippen molar-refractivity contribution in [2.75, 3.05) is 7.11 Å². The van der Waals surface area contributed by atoms with Crippen molar-refractivity contribution in [1.29, 1.82) is 5.26 Å². The quantitative estimate of drug-likeness (QED) is 0.685. The number of carbonyl (C=O) groups excluding carboxylic acids is 3. The molecule has 5 nitrogen and oxygen atoms in total. The molecule has 0 radical (unpaired) electrons. The van der Waals surface area contributed by atoms with Gasteiger partial charge < -0.3 is 4.74 Å². The maximum atomic E-state index is 12.7. The van der Waals surface area contributed by atoms with Crippen LogP contribution in [0.25, 0.3) is 0 Å². The first kappa shape index (κ1) is 17.6. The summed E-state index contributed by atoms with van der Waals surface area (Å²) in [5.74, 6) is -0.573. The number of carbonyl (C=O) groups is 3. The maximum absolute atomic E-state index is 12.7. The maximum Gasteiger partial charge on any atom is 0.315 e. The highest BCUT2D eigenvalue weighted by Gasteiger charge is 2.62. The van der Waals surface area contributed by atoms with Gasteiger partial charge in [0, 0.05) is 17.3 Å². The van der Waals surface area contributed by atoms with Crippen LogP contribution in [0, 0.1) is 33.5 Å². The van der Waals surface area contributed by atoms with Crippen LogP contribution < -0.4 is 0 Å². The van der Waals surface area contributed by atoms with Gasteiger partial charge in [-0.1, -0.05) is 26.8 Å². The molecule has 0 saturated heterocycles. The average Bonchev–Trinajstić information content (AvgIpc) is 2.58. The fraction of sp³-hybridized carbons (Fsp3) is 0.600. The molecule has 0 aromatic heterocycles. The number of ketones is 2. The van der Waals surface area contributed by atoms with Gasteiger partial charge in [-0.05, 0) is 36.8 Å². The first-order valence-corrected chi connectivity index (χ1v) is 8.65. The SMILES string of the molecule is COC(=O)C12CCC(=O)C=C1[C@@]1(C)C=C(C#N)C(=O)C(C)(C)[C@@H]1CC2. The molecule has 3 rings (SSSR count). The Morgan fingerprint density at radius 3 is 2.56 bits per heavy atom. The molecule has 132 valence electrons. The summed E-state index contributed by atoms with van der Waals surface area (Å²) in [6, 6.07) is 2.01. The second kappa shape index (κ2) is 5.39. The summed E-state index contributed by atoms with van der Waals surface area (Å²) in [7, 11) is 1.37. The van der Waals surface area contributed by atoms with Gasteiger partial charge in [0.1, 0.15) is 6.07 Å². The van der Waals surface area contributed by atoms with Crippen molar-refractivity contribution >= 4 is 17.5 Å². The molecule has 0 heterocycles. The Kier molecular flexibility index (Phi) is 3.79. The molecule has 1 fully saturated rings. The van der Waals surface area contributed by atoms with Gasteiger partial charge in [0.05, 0.1) is 18.1 Å². The Hall–Kier alpha value is -2.22. The zero-order chi connectivity index (χ0) is 18.6. The minimum Gasteiger partial charge on any atom is -0.468 e. The average molecular weight is 341 g/mol. The molecule has 0 N–H and O–H groups in total. The van der Waals surface area contributed by atoms with Crippen LogP contribution in [0.2, 0.25) is 0 Å². The largest absolute Gasteiger partial charge is 0.468 e. The molecule has 0 aromatic carbocycles. The zero-order valence-corrected chi connectivity index (χ0v) is 15.1. The molecule has 5 heteroatoms. The summed E-state index contributed by atoms with van der Waals surface area (Å²) >= 11 is 0. The lowest BCUT2D eigenvalue weighted by Crippen LogP contribution is -2.56. The molecule has 0 aliphatic heterocycles. The van der Waals surface area contributed by atoms with Crippen molar-refractivity contribution in [2.45, 2.75) is 46.5 Å². The summed E-state index contributed by atoms with van der Waals surface area (Å²) < 4.78 is 5.09. The van der Waals surface area contributed by atoms with E-state index in [0.29, 0.717) is 31.3 Å². The van der Waals surface area contributed by atoms with Gasteiger partial charge in [-0.3, -0.25) is 14.4 Å². The van der Waals surface area contributed by atoms with Crippen LogP contribution in [0.5, 0.6) is 0 Å². The van der Waals surface area contributed by atoms with Crippen molar-refractivity contribution in [1.82, 2.24) is 0 Å². The van der Waals surface area contributed by atoms with Crippen molar-refractivity contribution in [3.05, 3.63) is 23.3 Å². The van der Waals surface area contributed by atoms with Crippen molar-refractivity contribution < 1.29 is 19.1 Å². The zero-order valence-electron chi connectivity index (χ0n) is 15.1. The lowest BCUT2D eigenvalue weighted by molar-refractivity contribution is -0.156. The molecule has 25 heavy (non-hydrogen) atoms. The van der Waals surface area contributed by atoms with E-state index in [1.54, 1.807) is 12.2 Å². The predicted octanol–water partition coefficient (Wildman–Crippen LogP) is 2.91. The molecule has 3 aliphatic rings. The molecule has 0 aromatic rings. The van der Waals surface area contributed by atoms with Crippen molar-refractivity contribution in [3.8, 4) is 6.07 Å². The van der Waals surface area contributed by atoms with Crippen molar-refractivity contribution in [2.24, 2.45) is 22.2 Å². The first-order chi connectivity index (χ1) is 11.6. The second-order valence-corrected chi connectivity index (χ2v) is 8.19. The van der Waals surface area contributed by atoms with E-state index in [-0.39, 0.29) is 29.0 Å². The number of esters is 1. The molecule has 0 spiro atoms. The summed E-state index contributed by atoms with van der Waals surface area (Å²) in [6.45, 7) is 5.67. The highest BCUT2D eigenvalue weighted by atomic mass is 16.5. The number of Topliss-reactive ketones (excluding diaryl/α,β-unsaturated/α-hetero) is 1. The number of hydrogen-bond donors (Lipinski definition) is 0. The number of methoxy groups -OCH3 is 1. The smallest absolute Gasteiger partial charge is 0.315 e. The van der Waals surface area contributed by atoms with E-state index in [9.17, 15) is 19.6 Å². The molecular weight excluding hydrogens is 318 g/mol. The summed E-state index contributed by atoms with van der Waals surface area (Å²) in [5, 5.41) is 9.45. The predicted molar refractivity (Wildman–Crippen MR) is 90.1 cm³/mol. The fourth-order valence-corrected chi connectivity index (χ4v) is 5.40. The van der Waals surface area contributed by atoms with Gasteiger partial charge in [0.15, 0.2) is 11.6 Å². The number of nitriles is 1. The number of ether oxygens (including phenoxy) is 1. The van der Waals surface area contributed by atoms with Gasteiger partial charge >= 0.3 is 5.97 Å². The lowest BCUT2D eigenvalue weighted by Gasteiger charge is -2.57. The van der Waals surface area contributed by atoms with Crippen LogP contribution in [0.15, 0.2) is 23.3 Å². The standard InChI is InChI=1S/C20H23NO4/c1-18(2)14-6-8-20(17(24)25-4)7-5-13(22)9-15(20)19(14,3)10-12(11-21)16(18)23/h9-10,14H,5-8H2,1-4H3/t14-,19-,20?/m0/s1. The van der Waals surface area contributed by atoms with Crippen LogP contribution in [-0.2, 0) is 19.1 Å². The second-order valence-electron chi connectivity index (χ2n) is 8.19. The summed E-state index contributed by atoms with van der Waals surface area (Å²) in [5.41, 5.74) is -1.42. The third kappa shape index (κ3) is 2.16. The topological polar surface area (TPSA) is 84.2 Å². The van der Waals surface area contributed by atoms with Crippen LogP contribution in [0.1, 0.15) is 46.5 Å². The van der Waals surface area contributed by atoms with E-state index in [0.717, 1.165) is 0 Å². The van der Waals surface area contributed by atoms with E-state index < -0.39 is 16.2 Å². The number of fused-ring (bicyclic) bond motifs is 3. The molecule has 3 atom stereocenters. The Morgan fingerprint density at radius 2 is 1.96 bits per heavy atom. The third-order valence-electron chi connectivity index (χ3n) is 6.62. The lowest BCUT2D eigenvalue weighted by atomic mass is 9.44. The minimum atomic E-state index is -0.832. The van der Waals surface area contributed by atoms with Gasteiger partial charge in [0.2, 0.25) is 0 Å². The summed E-state index contributed by atoms with van der Waals surface area (Å²) in [4.78, 5) is 37.6. The Bertz CT molecular complexity index is 782. The molecule has 1 saturated carbocycles. The number of nitrogens with zero attached hydrogens (tertiary/aromatic N) is 1. The van der Waals surface area contributed by atoms with E-state index in [1.807, 2.05) is 26.8 Å². The number of hydrogen-bond acceptors (Lipinski definition) is 5.